The van der Waals surface area contributed by atoms with Gasteiger partial charge in [-0.3, -0.25) is 0 Å². The summed E-state index contributed by atoms with van der Waals surface area (Å²) in [6.07, 6.45) is 8.02. The SMILES string of the molecule is C\C=C/C=c1/[nH]c(C)n/c1=C/C. The molecule has 2 nitrogen and oxygen atoms in total. The lowest BCUT2D eigenvalue weighted by Crippen LogP contribution is -2.23. The lowest BCUT2D eigenvalue weighted by molar-refractivity contribution is 1.13. The molecule has 0 fully saturated rings. The highest BCUT2D eigenvalue weighted by molar-refractivity contribution is 5.35. The number of aromatic nitrogens is 2. The van der Waals surface area contributed by atoms with Gasteiger partial charge in [-0.25, -0.2) is 4.98 Å². The van der Waals surface area contributed by atoms with Crippen molar-refractivity contribution in [2.24, 2.45) is 0 Å². The van der Waals surface area contributed by atoms with Gasteiger partial charge >= 0.3 is 0 Å². The quantitative estimate of drug-likeness (QED) is 0.652. The molecule has 2 heteroatoms. The molecule has 1 rings (SSSR count). The van der Waals surface area contributed by atoms with Crippen molar-refractivity contribution in [1.29, 1.82) is 0 Å². The first kappa shape index (κ1) is 8.78. The van der Waals surface area contributed by atoms with Crippen LogP contribution in [-0.4, -0.2) is 9.97 Å². The molecule has 0 saturated carbocycles. The van der Waals surface area contributed by atoms with Gasteiger partial charge in [-0.15, -0.1) is 0 Å². The summed E-state index contributed by atoms with van der Waals surface area (Å²) in [5.41, 5.74) is 0. The maximum absolute atomic E-state index is 4.31. The number of H-pyrrole nitrogens is 1. The van der Waals surface area contributed by atoms with Crippen LogP contribution in [0.15, 0.2) is 12.2 Å². The zero-order valence-electron chi connectivity index (χ0n) is 7.76. The van der Waals surface area contributed by atoms with Crippen LogP contribution in [0.3, 0.4) is 0 Å². The number of aryl methyl sites for hydroxylation is 1. The van der Waals surface area contributed by atoms with E-state index in [-0.39, 0.29) is 0 Å². The fraction of sp³-hybridized carbons (Fsp3) is 0.300. The summed E-state index contributed by atoms with van der Waals surface area (Å²) >= 11 is 0. The predicted octanol–water partition coefficient (Wildman–Crippen LogP) is 0.875. The molecule has 0 spiro atoms. The molecule has 12 heavy (non-hydrogen) atoms. The first-order chi connectivity index (χ1) is 5.77. The molecule has 0 amide bonds. The van der Waals surface area contributed by atoms with E-state index >= 15 is 0 Å². The van der Waals surface area contributed by atoms with Crippen molar-refractivity contribution in [3.8, 4) is 0 Å². The molecule has 0 aliphatic carbocycles. The van der Waals surface area contributed by atoms with Gasteiger partial charge in [-0.1, -0.05) is 18.2 Å². The Morgan fingerprint density at radius 2 is 2.08 bits per heavy atom. The first-order valence-electron chi connectivity index (χ1n) is 4.10. The van der Waals surface area contributed by atoms with E-state index < -0.39 is 0 Å². The smallest absolute Gasteiger partial charge is 0.104 e. The molecule has 0 aromatic carbocycles. The average Bonchev–Trinajstić information content (AvgIpc) is 2.42. The number of imidazole rings is 1. The average molecular weight is 162 g/mol. The van der Waals surface area contributed by atoms with E-state index in [1.165, 1.54) is 0 Å². The third kappa shape index (κ3) is 1.84. The summed E-state index contributed by atoms with van der Waals surface area (Å²) in [7, 11) is 0. The molecular formula is C10H14N2. The van der Waals surface area contributed by atoms with Gasteiger partial charge in [-0.05, 0) is 26.8 Å². The van der Waals surface area contributed by atoms with E-state index in [1.807, 2.05) is 45.1 Å². The number of hydrogen-bond donors (Lipinski definition) is 1. The van der Waals surface area contributed by atoms with E-state index in [0.717, 1.165) is 16.5 Å². The van der Waals surface area contributed by atoms with Crippen molar-refractivity contribution in [3.05, 3.63) is 28.7 Å². The van der Waals surface area contributed by atoms with Gasteiger partial charge in [0.05, 0.1) is 10.7 Å². The molecule has 0 radical (unpaired) electrons. The molecule has 0 unspecified atom stereocenters. The lowest BCUT2D eigenvalue weighted by atomic mass is 10.4. The Bertz CT molecular complexity index is 382. The fourth-order valence-corrected chi connectivity index (χ4v) is 1.07. The van der Waals surface area contributed by atoms with E-state index in [9.17, 15) is 0 Å². The van der Waals surface area contributed by atoms with Crippen LogP contribution in [0.25, 0.3) is 12.2 Å². The summed E-state index contributed by atoms with van der Waals surface area (Å²) in [6.45, 7) is 5.94. The van der Waals surface area contributed by atoms with Crippen molar-refractivity contribution in [3.63, 3.8) is 0 Å². The summed E-state index contributed by atoms with van der Waals surface area (Å²) in [5.74, 6) is 0.957. The molecule has 1 aromatic heterocycles. The number of hydrogen-bond acceptors (Lipinski definition) is 1. The molecule has 1 heterocycles. The number of allylic oxidation sites excluding steroid dienone is 2. The monoisotopic (exact) mass is 162 g/mol. The first-order valence-corrected chi connectivity index (χ1v) is 4.10. The van der Waals surface area contributed by atoms with Gasteiger partial charge in [0.25, 0.3) is 0 Å². The molecule has 0 bridgehead atoms. The summed E-state index contributed by atoms with van der Waals surface area (Å²) in [6, 6.07) is 0. The second kappa shape index (κ2) is 3.90. The third-order valence-corrected chi connectivity index (χ3v) is 1.61. The van der Waals surface area contributed by atoms with Crippen molar-refractivity contribution in [2.45, 2.75) is 20.8 Å². The molecule has 1 N–H and O–H groups in total. The van der Waals surface area contributed by atoms with E-state index in [4.69, 9.17) is 0 Å². The van der Waals surface area contributed by atoms with Crippen LogP contribution in [0.4, 0.5) is 0 Å². The zero-order valence-corrected chi connectivity index (χ0v) is 7.76. The standard InChI is InChI=1S/C10H14N2/c1-4-6-7-10-9(5-2)11-8(3)12-10/h4-7H,1-3H3,(H,11,12)/b6-4-,9-5+,10-7+. The lowest BCUT2D eigenvalue weighted by Gasteiger charge is -1.74. The Labute approximate surface area is 72.3 Å². The topological polar surface area (TPSA) is 28.7 Å². The van der Waals surface area contributed by atoms with Gasteiger partial charge in [0.2, 0.25) is 0 Å². The molecule has 0 atom stereocenters. The summed E-state index contributed by atoms with van der Waals surface area (Å²) in [5, 5.41) is 2.10. The van der Waals surface area contributed by atoms with Crippen molar-refractivity contribution in [2.75, 3.05) is 0 Å². The van der Waals surface area contributed by atoms with Gasteiger partial charge < -0.3 is 4.98 Å². The number of nitrogens with zero attached hydrogens (tertiary/aromatic N) is 1. The normalized spacial score (nSPS) is 14.9. The highest BCUT2D eigenvalue weighted by Gasteiger charge is 1.88. The van der Waals surface area contributed by atoms with Gasteiger partial charge in [0, 0.05) is 0 Å². The Kier molecular flexibility index (Phi) is 2.86. The molecule has 0 aliphatic rings. The van der Waals surface area contributed by atoms with Crippen LogP contribution >= 0.6 is 0 Å². The largest absolute Gasteiger partial charge is 0.342 e. The van der Waals surface area contributed by atoms with E-state index in [2.05, 4.69) is 9.97 Å². The Balaban J connectivity index is 3.32. The maximum Gasteiger partial charge on any atom is 0.104 e. The minimum atomic E-state index is 0.957. The van der Waals surface area contributed by atoms with Crippen LogP contribution in [0.5, 0.6) is 0 Å². The molecule has 0 saturated heterocycles. The molecule has 0 aliphatic heterocycles. The Morgan fingerprint density at radius 1 is 1.33 bits per heavy atom. The summed E-state index contributed by atoms with van der Waals surface area (Å²) in [4.78, 5) is 7.49. The third-order valence-electron chi connectivity index (χ3n) is 1.61. The van der Waals surface area contributed by atoms with E-state index in [1.54, 1.807) is 0 Å². The van der Waals surface area contributed by atoms with Crippen molar-refractivity contribution < 1.29 is 0 Å². The molecular weight excluding hydrogens is 148 g/mol. The zero-order chi connectivity index (χ0) is 8.97. The second-order valence-electron chi connectivity index (χ2n) is 2.60. The number of nitrogens with one attached hydrogen (secondary N) is 1. The van der Waals surface area contributed by atoms with Crippen LogP contribution in [0, 0.1) is 6.92 Å². The van der Waals surface area contributed by atoms with Gasteiger partial charge in [-0.2, -0.15) is 0 Å². The molecule has 64 valence electrons. The highest BCUT2D eigenvalue weighted by Crippen LogP contribution is 1.74. The van der Waals surface area contributed by atoms with Crippen LogP contribution in [0.1, 0.15) is 19.7 Å². The van der Waals surface area contributed by atoms with Crippen LogP contribution in [-0.2, 0) is 0 Å². The second-order valence-corrected chi connectivity index (χ2v) is 2.60. The minimum absolute atomic E-state index is 0.957. The number of aromatic amines is 1. The minimum Gasteiger partial charge on any atom is -0.342 e. The van der Waals surface area contributed by atoms with E-state index in [0.29, 0.717) is 0 Å². The van der Waals surface area contributed by atoms with Gasteiger partial charge in [0.1, 0.15) is 5.82 Å². The fourth-order valence-electron chi connectivity index (χ4n) is 1.07. The molecule has 1 aromatic rings. The Morgan fingerprint density at radius 3 is 2.67 bits per heavy atom. The Hall–Kier alpha value is -1.31. The highest BCUT2D eigenvalue weighted by atomic mass is 14.9. The van der Waals surface area contributed by atoms with Crippen LogP contribution < -0.4 is 10.7 Å². The summed E-state index contributed by atoms with van der Waals surface area (Å²) < 4.78 is 0. The predicted molar refractivity (Wildman–Crippen MR) is 52.0 cm³/mol. The van der Waals surface area contributed by atoms with Crippen molar-refractivity contribution >= 4 is 12.2 Å². The number of rotatable bonds is 1. The maximum atomic E-state index is 4.31. The van der Waals surface area contributed by atoms with Crippen LogP contribution in [0.2, 0.25) is 0 Å². The van der Waals surface area contributed by atoms with Crippen molar-refractivity contribution in [1.82, 2.24) is 9.97 Å². The van der Waals surface area contributed by atoms with Gasteiger partial charge in [0.15, 0.2) is 0 Å².